The highest BCUT2D eigenvalue weighted by molar-refractivity contribution is 5.79. The van der Waals surface area contributed by atoms with Gasteiger partial charge in [0.1, 0.15) is 25.1 Å². The maximum atomic E-state index is 12.8. The number of amides is 1. The summed E-state index contributed by atoms with van der Waals surface area (Å²) in [5.41, 5.74) is 4.88. The maximum Gasteiger partial charge on any atom is 0.409 e. The SMILES string of the molecule is O=C(OCC1c2ccccc2-c2ccccc21)N1CCN(CC(O)COc2ccccc2)CC1. The minimum Gasteiger partial charge on any atom is -0.491 e. The molecule has 0 spiro atoms. The molecule has 1 N–H and O–H groups in total. The van der Waals surface area contributed by atoms with E-state index in [1.54, 1.807) is 4.90 Å². The molecule has 0 aromatic heterocycles. The topological polar surface area (TPSA) is 62.2 Å². The Morgan fingerprint density at radius 3 is 2.09 bits per heavy atom. The van der Waals surface area contributed by atoms with Gasteiger partial charge in [-0.25, -0.2) is 4.79 Å². The first-order valence-electron chi connectivity index (χ1n) is 11.9. The van der Waals surface area contributed by atoms with Gasteiger partial charge in [0, 0.05) is 38.6 Å². The Kier molecular flexibility index (Phi) is 6.79. The summed E-state index contributed by atoms with van der Waals surface area (Å²) in [6.07, 6.45) is -0.851. The lowest BCUT2D eigenvalue weighted by Gasteiger charge is -2.35. The first-order chi connectivity index (χ1) is 16.7. The van der Waals surface area contributed by atoms with Crippen molar-refractivity contribution in [3.63, 3.8) is 0 Å². The quantitative estimate of drug-likeness (QED) is 0.580. The number of rotatable bonds is 7. The highest BCUT2D eigenvalue weighted by Crippen LogP contribution is 2.44. The van der Waals surface area contributed by atoms with Crippen molar-refractivity contribution in [3.05, 3.63) is 90.0 Å². The van der Waals surface area contributed by atoms with Gasteiger partial charge in [-0.2, -0.15) is 0 Å². The number of para-hydroxylation sites is 1. The van der Waals surface area contributed by atoms with E-state index >= 15 is 0 Å². The van der Waals surface area contributed by atoms with Gasteiger partial charge >= 0.3 is 6.09 Å². The summed E-state index contributed by atoms with van der Waals surface area (Å²) < 4.78 is 11.4. The van der Waals surface area contributed by atoms with Gasteiger partial charge in [0.05, 0.1) is 0 Å². The van der Waals surface area contributed by atoms with Crippen LogP contribution in [0, 0.1) is 0 Å². The number of ether oxygens (including phenoxy) is 2. The number of piperazine rings is 1. The van der Waals surface area contributed by atoms with Crippen LogP contribution in [0.5, 0.6) is 5.75 Å². The van der Waals surface area contributed by atoms with Crippen LogP contribution in [0.25, 0.3) is 11.1 Å². The monoisotopic (exact) mass is 458 g/mol. The number of carbonyl (C=O) groups is 1. The second kappa shape index (κ2) is 10.3. The van der Waals surface area contributed by atoms with E-state index in [4.69, 9.17) is 9.47 Å². The molecular weight excluding hydrogens is 428 g/mol. The van der Waals surface area contributed by atoms with Crippen molar-refractivity contribution in [3.8, 4) is 16.9 Å². The van der Waals surface area contributed by atoms with Crippen molar-refractivity contribution in [2.75, 3.05) is 45.9 Å². The van der Waals surface area contributed by atoms with Gasteiger partial charge in [-0.05, 0) is 34.4 Å². The van der Waals surface area contributed by atoms with Crippen molar-refractivity contribution >= 4 is 6.09 Å². The minimum atomic E-state index is -0.582. The molecule has 0 bridgehead atoms. The molecule has 1 aliphatic carbocycles. The van der Waals surface area contributed by atoms with Crippen LogP contribution in [-0.4, -0.2) is 73.0 Å². The number of aliphatic hydroxyl groups excluding tert-OH is 1. The van der Waals surface area contributed by atoms with E-state index in [9.17, 15) is 9.90 Å². The molecule has 0 saturated carbocycles. The molecule has 34 heavy (non-hydrogen) atoms. The van der Waals surface area contributed by atoms with Crippen LogP contribution in [0.4, 0.5) is 4.79 Å². The lowest BCUT2D eigenvalue weighted by molar-refractivity contribution is 0.0394. The van der Waals surface area contributed by atoms with Gasteiger partial charge in [0.2, 0.25) is 0 Å². The summed E-state index contributed by atoms with van der Waals surface area (Å²) in [4.78, 5) is 16.7. The minimum absolute atomic E-state index is 0.0670. The average Bonchev–Trinajstić information content (AvgIpc) is 3.21. The molecule has 3 aromatic carbocycles. The fraction of sp³-hybridized carbons (Fsp3) is 0.321. The van der Waals surface area contributed by atoms with E-state index in [1.165, 1.54) is 22.3 Å². The summed E-state index contributed by atoms with van der Waals surface area (Å²) in [5.74, 6) is 0.819. The van der Waals surface area contributed by atoms with Crippen LogP contribution >= 0.6 is 0 Å². The molecule has 1 amide bonds. The van der Waals surface area contributed by atoms with Crippen molar-refractivity contribution in [2.24, 2.45) is 0 Å². The van der Waals surface area contributed by atoms with Crippen molar-refractivity contribution in [1.82, 2.24) is 9.80 Å². The third-order valence-corrected chi connectivity index (χ3v) is 6.62. The largest absolute Gasteiger partial charge is 0.491 e. The third kappa shape index (κ3) is 4.93. The number of aliphatic hydroxyl groups is 1. The fourth-order valence-corrected chi connectivity index (χ4v) is 4.86. The smallest absolute Gasteiger partial charge is 0.409 e. The zero-order valence-corrected chi connectivity index (χ0v) is 19.2. The van der Waals surface area contributed by atoms with Crippen LogP contribution in [-0.2, 0) is 4.74 Å². The van der Waals surface area contributed by atoms with Crippen LogP contribution in [0.1, 0.15) is 17.0 Å². The lowest BCUT2D eigenvalue weighted by atomic mass is 9.98. The molecule has 0 radical (unpaired) electrons. The Morgan fingerprint density at radius 1 is 0.853 bits per heavy atom. The number of nitrogens with zero attached hydrogens (tertiary/aromatic N) is 2. The van der Waals surface area contributed by atoms with Crippen molar-refractivity contribution < 1.29 is 19.4 Å². The zero-order chi connectivity index (χ0) is 23.3. The zero-order valence-electron chi connectivity index (χ0n) is 19.2. The molecule has 1 saturated heterocycles. The van der Waals surface area contributed by atoms with Crippen LogP contribution in [0.2, 0.25) is 0 Å². The fourth-order valence-electron chi connectivity index (χ4n) is 4.86. The van der Waals surface area contributed by atoms with Crippen LogP contribution in [0.15, 0.2) is 78.9 Å². The Labute approximate surface area is 200 Å². The Morgan fingerprint density at radius 2 is 1.44 bits per heavy atom. The molecule has 2 aliphatic rings. The summed E-state index contributed by atoms with van der Waals surface area (Å²) in [7, 11) is 0. The van der Waals surface area contributed by atoms with Gasteiger partial charge in [0.25, 0.3) is 0 Å². The van der Waals surface area contributed by atoms with E-state index in [0.29, 0.717) is 39.3 Å². The first kappa shape index (κ1) is 22.4. The number of hydrogen-bond donors (Lipinski definition) is 1. The summed E-state index contributed by atoms with van der Waals surface area (Å²) in [6.45, 7) is 3.68. The molecule has 1 unspecified atom stereocenters. The Bertz CT molecular complexity index is 1070. The maximum absolute atomic E-state index is 12.8. The predicted molar refractivity (Wildman–Crippen MR) is 131 cm³/mol. The van der Waals surface area contributed by atoms with Gasteiger partial charge in [0.15, 0.2) is 0 Å². The summed E-state index contributed by atoms with van der Waals surface area (Å²) in [6, 6.07) is 26.2. The Hall–Kier alpha value is -3.35. The standard InChI is InChI=1S/C28H30N2O4/c31-21(19-33-22-8-2-1-3-9-22)18-29-14-16-30(17-15-29)28(32)34-20-27-25-12-6-4-10-23(25)24-11-5-7-13-26(24)27/h1-13,21,27,31H,14-20H2. The molecule has 6 nitrogen and oxygen atoms in total. The first-order valence-corrected chi connectivity index (χ1v) is 11.9. The summed E-state index contributed by atoms with van der Waals surface area (Å²) >= 11 is 0. The number of β-amino-alcohol motifs (C(OH)–C–C–N with tert-alkyl or cyclic N) is 1. The van der Waals surface area contributed by atoms with E-state index in [2.05, 4.69) is 29.2 Å². The summed E-state index contributed by atoms with van der Waals surface area (Å²) in [5, 5.41) is 10.3. The van der Waals surface area contributed by atoms with E-state index in [1.807, 2.05) is 54.6 Å². The predicted octanol–water partition coefficient (Wildman–Crippen LogP) is 3.99. The molecule has 5 rings (SSSR count). The second-order valence-electron chi connectivity index (χ2n) is 8.87. The van der Waals surface area contributed by atoms with Crippen LogP contribution < -0.4 is 4.74 Å². The molecule has 176 valence electrons. The van der Waals surface area contributed by atoms with Crippen molar-refractivity contribution in [2.45, 2.75) is 12.0 Å². The highest BCUT2D eigenvalue weighted by atomic mass is 16.6. The number of benzene rings is 3. The van der Waals surface area contributed by atoms with Gasteiger partial charge in [-0.3, -0.25) is 4.90 Å². The molecule has 3 aromatic rings. The third-order valence-electron chi connectivity index (χ3n) is 6.62. The van der Waals surface area contributed by atoms with Gasteiger partial charge in [-0.15, -0.1) is 0 Å². The molecule has 1 fully saturated rings. The Balaban J connectivity index is 1.09. The number of fused-ring (bicyclic) bond motifs is 3. The molecular formula is C28H30N2O4. The normalized spacial score (nSPS) is 16.6. The van der Waals surface area contributed by atoms with E-state index in [0.717, 1.165) is 5.75 Å². The highest BCUT2D eigenvalue weighted by Gasteiger charge is 2.30. The second-order valence-corrected chi connectivity index (χ2v) is 8.87. The van der Waals surface area contributed by atoms with E-state index in [-0.39, 0.29) is 18.6 Å². The van der Waals surface area contributed by atoms with Gasteiger partial charge < -0.3 is 19.5 Å². The molecule has 6 heteroatoms. The van der Waals surface area contributed by atoms with Crippen LogP contribution in [0.3, 0.4) is 0 Å². The number of hydrogen-bond acceptors (Lipinski definition) is 5. The van der Waals surface area contributed by atoms with E-state index < -0.39 is 6.10 Å². The van der Waals surface area contributed by atoms with Crippen molar-refractivity contribution in [1.29, 1.82) is 0 Å². The molecule has 1 heterocycles. The lowest BCUT2D eigenvalue weighted by Crippen LogP contribution is -2.51. The molecule has 1 aliphatic heterocycles. The average molecular weight is 459 g/mol. The molecule has 1 atom stereocenters. The number of carbonyl (C=O) groups excluding carboxylic acids is 1. The van der Waals surface area contributed by atoms with Gasteiger partial charge in [-0.1, -0.05) is 66.7 Å².